The Labute approximate surface area is 192 Å². The van der Waals surface area contributed by atoms with Crippen LogP contribution in [0.2, 0.25) is 0 Å². The maximum absolute atomic E-state index is 13.7. The predicted molar refractivity (Wildman–Crippen MR) is 118 cm³/mol. The number of thioether (sulfide) groups is 1. The van der Waals surface area contributed by atoms with Crippen molar-refractivity contribution in [1.82, 2.24) is 4.90 Å². The van der Waals surface area contributed by atoms with Crippen LogP contribution in [0.4, 0.5) is 14.9 Å². The van der Waals surface area contributed by atoms with Crippen LogP contribution in [-0.4, -0.2) is 52.8 Å². The van der Waals surface area contributed by atoms with E-state index in [1.807, 2.05) is 0 Å². The molecule has 2 N–H and O–H groups in total. The highest BCUT2D eigenvalue weighted by Gasteiger charge is 2.36. The third-order valence-corrected chi connectivity index (χ3v) is 5.37. The van der Waals surface area contributed by atoms with E-state index in [1.54, 1.807) is 6.07 Å². The summed E-state index contributed by atoms with van der Waals surface area (Å²) in [5.41, 5.74) is 0.431. The molecule has 0 spiro atoms. The third kappa shape index (κ3) is 5.69. The molecule has 1 atom stereocenters. The van der Waals surface area contributed by atoms with Crippen molar-refractivity contribution < 1.29 is 38.1 Å². The van der Waals surface area contributed by atoms with E-state index in [-0.39, 0.29) is 22.1 Å². The average molecular weight is 474 g/mol. The molecular formula is C22H19FN2O7S. The second kappa shape index (κ2) is 10.2. The van der Waals surface area contributed by atoms with Gasteiger partial charge >= 0.3 is 5.97 Å². The number of carboxylic acids is 1. The lowest BCUT2D eigenvalue weighted by Gasteiger charge is -2.14. The van der Waals surface area contributed by atoms with Crippen molar-refractivity contribution in [3.05, 3.63) is 58.8 Å². The molecule has 9 nitrogen and oxygen atoms in total. The summed E-state index contributed by atoms with van der Waals surface area (Å²) in [7, 11) is 1.37. The Morgan fingerprint density at radius 1 is 1.21 bits per heavy atom. The molecule has 1 heterocycles. The normalized spacial score (nSPS) is 15.5. The van der Waals surface area contributed by atoms with Crippen molar-refractivity contribution in [2.75, 3.05) is 19.0 Å². The molecule has 2 aromatic carbocycles. The van der Waals surface area contributed by atoms with Crippen LogP contribution >= 0.6 is 11.8 Å². The zero-order chi connectivity index (χ0) is 24.1. The lowest BCUT2D eigenvalue weighted by Crippen LogP contribution is -2.36. The number of nitrogens with zero attached hydrogens (tertiary/aromatic N) is 1. The molecule has 0 bridgehead atoms. The van der Waals surface area contributed by atoms with E-state index in [0.717, 1.165) is 4.90 Å². The van der Waals surface area contributed by atoms with E-state index >= 15 is 0 Å². The fourth-order valence-corrected chi connectivity index (χ4v) is 3.63. The molecule has 3 rings (SSSR count). The Hall–Kier alpha value is -3.86. The van der Waals surface area contributed by atoms with Gasteiger partial charge in [0.1, 0.15) is 12.4 Å². The first-order valence-electron chi connectivity index (χ1n) is 9.57. The number of benzene rings is 2. The maximum Gasteiger partial charge on any atom is 0.344 e. The first kappa shape index (κ1) is 23.8. The zero-order valence-corrected chi connectivity index (χ0v) is 18.3. The molecule has 3 amide bonds. The highest BCUT2D eigenvalue weighted by atomic mass is 32.2. The largest absolute Gasteiger partial charge is 0.493 e. The summed E-state index contributed by atoms with van der Waals surface area (Å²) < 4.78 is 24.2. The van der Waals surface area contributed by atoms with Crippen molar-refractivity contribution in [1.29, 1.82) is 0 Å². The van der Waals surface area contributed by atoms with Gasteiger partial charge in [0.15, 0.2) is 17.6 Å². The number of imide groups is 1. The fraction of sp³-hybridized carbons (Fsp3) is 0.182. The van der Waals surface area contributed by atoms with Crippen LogP contribution in [0.25, 0.3) is 6.08 Å². The number of ether oxygens (including phenoxy) is 2. The van der Waals surface area contributed by atoms with Crippen LogP contribution in [0.15, 0.2) is 47.4 Å². The Kier molecular flexibility index (Phi) is 7.34. The lowest BCUT2D eigenvalue weighted by atomic mass is 10.1. The molecule has 1 saturated heterocycles. The van der Waals surface area contributed by atoms with Gasteiger partial charge in [-0.3, -0.25) is 19.3 Å². The van der Waals surface area contributed by atoms with Crippen LogP contribution < -0.4 is 14.8 Å². The van der Waals surface area contributed by atoms with Gasteiger partial charge in [-0.15, -0.1) is 0 Å². The average Bonchev–Trinajstić information content (AvgIpc) is 3.03. The van der Waals surface area contributed by atoms with Crippen molar-refractivity contribution in [3.8, 4) is 11.5 Å². The quantitative estimate of drug-likeness (QED) is 0.559. The first-order chi connectivity index (χ1) is 15.7. The number of methoxy groups -OCH3 is 1. The molecule has 11 heteroatoms. The molecule has 0 aliphatic carbocycles. The molecule has 1 aliphatic rings. The Balaban J connectivity index is 1.73. The smallest absolute Gasteiger partial charge is 0.344 e. The lowest BCUT2D eigenvalue weighted by molar-refractivity contribution is -0.144. The van der Waals surface area contributed by atoms with Crippen LogP contribution in [0, 0.1) is 5.82 Å². The molecule has 2 aromatic rings. The predicted octanol–water partition coefficient (Wildman–Crippen LogP) is 3.36. The van der Waals surface area contributed by atoms with Gasteiger partial charge in [-0.05, 0) is 54.6 Å². The van der Waals surface area contributed by atoms with E-state index in [9.17, 15) is 23.6 Å². The van der Waals surface area contributed by atoms with E-state index < -0.39 is 41.5 Å². The summed E-state index contributed by atoms with van der Waals surface area (Å²) in [4.78, 5) is 49.0. The molecular weight excluding hydrogens is 455 g/mol. The van der Waals surface area contributed by atoms with Gasteiger partial charge in [-0.1, -0.05) is 18.2 Å². The van der Waals surface area contributed by atoms with Gasteiger partial charge in [0, 0.05) is 0 Å². The highest BCUT2D eigenvalue weighted by Crippen LogP contribution is 2.34. The number of anilines is 1. The van der Waals surface area contributed by atoms with Gasteiger partial charge in [0.25, 0.3) is 11.1 Å². The number of para-hydroxylation sites is 1. The maximum atomic E-state index is 13.7. The summed E-state index contributed by atoms with van der Waals surface area (Å²) in [6.45, 7) is 0.799. The summed E-state index contributed by atoms with van der Waals surface area (Å²) in [5, 5.41) is 10.7. The molecule has 1 aliphatic heterocycles. The SMILES string of the molecule is COc1cc(C=C2SC(=O)N(CC(=O)Nc3ccccc3F)C2=O)ccc1OC(C)C(=O)O. The van der Waals surface area contributed by atoms with Crippen molar-refractivity contribution in [2.24, 2.45) is 0 Å². The fourth-order valence-electron chi connectivity index (χ4n) is 2.80. The Morgan fingerprint density at radius 3 is 2.61 bits per heavy atom. The zero-order valence-electron chi connectivity index (χ0n) is 17.5. The molecule has 0 radical (unpaired) electrons. The third-order valence-electron chi connectivity index (χ3n) is 4.46. The number of nitrogens with one attached hydrogen (secondary N) is 1. The molecule has 33 heavy (non-hydrogen) atoms. The summed E-state index contributed by atoms with van der Waals surface area (Å²) in [6.07, 6.45) is 0.337. The summed E-state index contributed by atoms with van der Waals surface area (Å²) in [6, 6.07) is 10.1. The number of halogens is 1. The summed E-state index contributed by atoms with van der Waals surface area (Å²) in [5.74, 6) is -2.75. The minimum atomic E-state index is -1.14. The van der Waals surface area contributed by atoms with Crippen molar-refractivity contribution in [3.63, 3.8) is 0 Å². The Morgan fingerprint density at radius 2 is 1.94 bits per heavy atom. The number of rotatable bonds is 8. The number of carboxylic acid groups (broad SMARTS) is 1. The van der Waals surface area contributed by atoms with E-state index in [2.05, 4.69) is 5.32 Å². The summed E-state index contributed by atoms with van der Waals surface area (Å²) >= 11 is 0.655. The van der Waals surface area contributed by atoms with Crippen LogP contribution in [0.3, 0.4) is 0 Å². The minimum Gasteiger partial charge on any atom is -0.493 e. The number of amides is 3. The van der Waals surface area contributed by atoms with Crippen molar-refractivity contribution >= 4 is 46.5 Å². The second-order valence-corrected chi connectivity index (χ2v) is 7.80. The van der Waals surface area contributed by atoms with E-state index in [4.69, 9.17) is 14.6 Å². The Bertz CT molecular complexity index is 1150. The number of carbonyl (C=O) groups excluding carboxylic acids is 3. The standard InChI is InChI=1S/C22H19FN2O7S/c1-12(21(28)29)32-16-8-7-13(9-17(16)31-2)10-18-20(27)25(22(30)33-18)11-19(26)24-15-6-4-3-5-14(15)23/h3-10,12H,11H2,1-2H3,(H,24,26)(H,28,29). The van der Waals surface area contributed by atoms with Crippen LogP contribution in [-0.2, 0) is 14.4 Å². The van der Waals surface area contributed by atoms with E-state index in [1.165, 1.54) is 56.5 Å². The van der Waals surface area contributed by atoms with Gasteiger partial charge in [0.05, 0.1) is 17.7 Å². The topological polar surface area (TPSA) is 122 Å². The number of carbonyl (C=O) groups is 4. The van der Waals surface area contributed by atoms with Crippen LogP contribution in [0.5, 0.6) is 11.5 Å². The van der Waals surface area contributed by atoms with E-state index in [0.29, 0.717) is 17.3 Å². The molecule has 1 fully saturated rings. The number of hydrogen-bond donors (Lipinski definition) is 2. The van der Waals surface area contributed by atoms with Gasteiger partial charge < -0.3 is 19.9 Å². The van der Waals surface area contributed by atoms with Gasteiger partial charge in [0.2, 0.25) is 5.91 Å². The van der Waals surface area contributed by atoms with Gasteiger partial charge in [-0.25, -0.2) is 9.18 Å². The van der Waals surface area contributed by atoms with Gasteiger partial charge in [-0.2, -0.15) is 0 Å². The van der Waals surface area contributed by atoms with Crippen molar-refractivity contribution in [2.45, 2.75) is 13.0 Å². The number of hydrogen-bond acceptors (Lipinski definition) is 7. The monoisotopic (exact) mass is 474 g/mol. The van der Waals surface area contributed by atoms with Crippen LogP contribution in [0.1, 0.15) is 12.5 Å². The second-order valence-electron chi connectivity index (χ2n) is 6.80. The molecule has 0 saturated carbocycles. The number of aliphatic carboxylic acids is 1. The molecule has 172 valence electrons. The first-order valence-corrected chi connectivity index (χ1v) is 10.4. The molecule has 1 unspecified atom stereocenters. The minimum absolute atomic E-state index is 0.0587. The molecule has 0 aromatic heterocycles. The highest BCUT2D eigenvalue weighted by molar-refractivity contribution is 8.18.